The molecule has 0 heteroatoms. The molecule has 0 aliphatic heterocycles. The summed E-state index contributed by atoms with van der Waals surface area (Å²) in [6, 6.07) is 0. The quantitative estimate of drug-likeness (QED) is 0.164. The third-order valence-electron chi connectivity index (χ3n) is 10.3. The topological polar surface area (TPSA) is 0 Å². The highest BCUT2D eigenvalue weighted by atomic mass is 14.5. The van der Waals surface area contributed by atoms with Crippen LogP contribution >= 0.6 is 0 Å². The Balaban J connectivity index is 2.41. The largest absolute Gasteiger partial charge is 0.0953 e. The molecule has 0 aromatic rings. The van der Waals surface area contributed by atoms with Gasteiger partial charge in [-0.05, 0) is 94.7 Å². The Bertz CT molecular complexity index is 921. The van der Waals surface area contributed by atoms with Gasteiger partial charge >= 0.3 is 0 Å². The molecule has 3 unspecified atom stereocenters. The predicted octanol–water partition coefficient (Wildman–Crippen LogP) is 13.5. The van der Waals surface area contributed by atoms with E-state index in [1.54, 1.807) is 11.1 Å². The van der Waals surface area contributed by atoms with Crippen LogP contribution in [0.2, 0.25) is 0 Å². The second-order valence-electron chi connectivity index (χ2n) is 17.2. The van der Waals surface area contributed by atoms with Crippen molar-refractivity contribution in [2.45, 2.75) is 154 Å². The molecule has 0 fully saturated rings. The van der Waals surface area contributed by atoms with Crippen LogP contribution in [0, 0.1) is 45.8 Å². The SMILES string of the molecule is C=C(/C=C\C1=CC(CCC(C)CCCC(C)C)(CCC(C)CCCC(C)C)C2CC(C(C)(C)C)=CC=C12)C(C)(C)C. The lowest BCUT2D eigenvalue weighted by atomic mass is 9.63. The fourth-order valence-electron chi connectivity index (χ4n) is 6.84. The number of allylic oxidation sites excluding steroid dienone is 9. The van der Waals surface area contributed by atoms with Gasteiger partial charge in [-0.25, -0.2) is 0 Å². The molecule has 0 saturated carbocycles. The molecule has 0 N–H and O–H groups in total. The predicted molar refractivity (Wildman–Crippen MR) is 186 cm³/mol. The van der Waals surface area contributed by atoms with Crippen molar-refractivity contribution < 1.29 is 0 Å². The highest BCUT2D eigenvalue weighted by molar-refractivity contribution is 5.54. The third kappa shape index (κ3) is 11.4. The van der Waals surface area contributed by atoms with Gasteiger partial charge in [0, 0.05) is 0 Å². The molecule has 234 valence electrons. The number of rotatable bonds is 16. The normalized spacial score (nSPS) is 23.1. The van der Waals surface area contributed by atoms with Crippen molar-refractivity contribution in [1.82, 2.24) is 0 Å². The molecule has 0 bridgehead atoms. The summed E-state index contributed by atoms with van der Waals surface area (Å²) in [5.74, 6) is 3.85. The van der Waals surface area contributed by atoms with Gasteiger partial charge in [0.15, 0.2) is 0 Å². The summed E-state index contributed by atoms with van der Waals surface area (Å²) in [6.07, 6.45) is 27.3. The van der Waals surface area contributed by atoms with E-state index in [1.807, 2.05) is 0 Å². The van der Waals surface area contributed by atoms with Crippen molar-refractivity contribution >= 4 is 0 Å². The molecule has 0 heterocycles. The summed E-state index contributed by atoms with van der Waals surface area (Å²) in [7, 11) is 0. The standard InChI is InChI=1S/C41H70/c1-30(2)16-14-18-32(5)24-26-41(27-25-33(6)19-15-17-31(3)4)29-35(21-20-34(7)39(8,9)10)37-23-22-36(28-38(37)41)40(11,12)13/h20-23,29-33,38H,7,14-19,24-28H2,1-6,8-13H3/b21-20-. The molecule has 0 amide bonds. The van der Waals surface area contributed by atoms with Gasteiger partial charge in [-0.3, -0.25) is 0 Å². The fourth-order valence-corrected chi connectivity index (χ4v) is 6.84. The summed E-state index contributed by atoms with van der Waals surface area (Å²) >= 11 is 0. The molecular formula is C41H70. The Labute approximate surface area is 258 Å². The highest BCUT2D eigenvalue weighted by Gasteiger charge is 2.46. The molecule has 2 aliphatic carbocycles. The zero-order chi connectivity index (χ0) is 31.0. The maximum absolute atomic E-state index is 4.43. The van der Waals surface area contributed by atoms with Crippen molar-refractivity contribution in [2.75, 3.05) is 0 Å². The summed E-state index contributed by atoms with van der Waals surface area (Å²) in [4.78, 5) is 0. The van der Waals surface area contributed by atoms with E-state index < -0.39 is 0 Å². The van der Waals surface area contributed by atoms with Gasteiger partial charge in [0.05, 0.1) is 0 Å². The van der Waals surface area contributed by atoms with E-state index in [1.165, 1.54) is 81.8 Å². The lowest BCUT2D eigenvalue weighted by molar-refractivity contribution is 0.191. The minimum absolute atomic E-state index is 0.100. The second kappa shape index (κ2) is 15.4. The molecule has 2 aliphatic rings. The molecule has 0 nitrogen and oxygen atoms in total. The van der Waals surface area contributed by atoms with Gasteiger partial charge in [-0.1, -0.05) is 164 Å². The van der Waals surface area contributed by atoms with Gasteiger partial charge in [-0.2, -0.15) is 0 Å². The molecule has 0 saturated heterocycles. The first-order valence-corrected chi connectivity index (χ1v) is 17.5. The molecule has 2 rings (SSSR count). The molecule has 41 heavy (non-hydrogen) atoms. The van der Waals surface area contributed by atoms with Crippen molar-refractivity contribution in [1.29, 1.82) is 0 Å². The second-order valence-corrected chi connectivity index (χ2v) is 17.2. The average Bonchev–Trinajstić information content (AvgIpc) is 3.16. The van der Waals surface area contributed by atoms with Crippen molar-refractivity contribution in [3.63, 3.8) is 0 Å². The van der Waals surface area contributed by atoms with Crippen LogP contribution in [-0.2, 0) is 0 Å². The van der Waals surface area contributed by atoms with E-state index in [-0.39, 0.29) is 16.2 Å². The van der Waals surface area contributed by atoms with Crippen LogP contribution in [0.15, 0.2) is 59.3 Å². The van der Waals surface area contributed by atoms with Crippen LogP contribution in [0.3, 0.4) is 0 Å². The van der Waals surface area contributed by atoms with E-state index in [2.05, 4.69) is 120 Å². The molecule has 0 aromatic carbocycles. The Morgan fingerprint density at radius 2 is 1.32 bits per heavy atom. The number of fused-ring (bicyclic) bond motifs is 1. The molecule has 0 radical (unpaired) electrons. The van der Waals surface area contributed by atoms with Gasteiger partial charge < -0.3 is 0 Å². The lowest BCUT2D eigenvalue weighted by Crippen LogP contribution is -2.31. The monoisotopic (exact) mass is 563 g/mol. The Morgan fingerprint density at radius 1 is 0.805 bits per heavy atom. The molecular weight excluding hydrogens is 492 g/mol. The van der Waals surface area contributed by atoms with Crippen LogP contribution in [-0.4, -0.2) is 0 Å². The number of hydrogen-bond acceptors (Lipinski definition) is 0. The smallest absolute Gasteiger partial charge is 0.00270 e. The number of hydrogen-bond donors (Lipinski definition) is 0. The first-order chi connectivity index (χ1) is 18.9. The van der Waals surface area contributed by atoms with E-state index in [0.29, 0.717) is 5.92 Å². The van der Waals surface area contributed by atoms with Crippen LogP contribution in [0.4, 0.5) is 0 Å². The fraction of sp³-hybridized carbons (Fsp3) is 0.756. The van der Waals surface area contributed by atoms with Crippen molar-refractivity contribution in [3.8, 4) is 0 Å². The Kier molecular flexibility index (Phi) is 13.5. The lowest BCUT2D eigenvalue weighted by Gasteiger charge is -2.41. The summed E-state index contributed by atoms with van der Waals surface area (Å²) < 4.78 is 0. The Morgan fingerprint density at radius 3 is 1.76 bits per heavy atom. The third-order valence-corrected chi connectivity index (χ3v) is 10.3. The van der Waals surface area contributed by atoms with Gasteiger partial charge in [0.2, 0.25) is 0 Å². The van der Waals surface area contributed by atoms with Crippen LogP contribution < -0.4 is 0 Å². The van der Waals surface area contributed by atoms with Crippen molar-refractivity contribution in [3.05, 3.63) is 59.3 Å². The van der Waals surface area contributed by atoms with E-state index in [0.717, 1.165) is 23.7 Å². The van der Waals surface area contributed by atoms with Gasteiger partial charge in [-0.15, -0.1) is 0 Å². The van der Waals surface area contributed by atoms with Crippen LogP contribution in [0.1, 0.15) is 154 Å². The van der Waals surface area contributed by atoms with E-state index >= 15 is 0 Å². The minimum Gasteiger partial charge on any atom is -0.0953 e. The summed E-state index contributed by atoms with van der Waals surface area (Å²) in [5, 5.41) is 0. The first-order valence-electron chi connectivity index (χ1n) is 17.5. The zero-order valence-electron chi connectivity index (χ0n) is 29.8. The summed E-state index contributed by atoms with van der Waals surface area (Å²) in [6.45, 7) is 33.0. The maximum Gasteiger partial charge on any atom is -0.00270 e. The summed E-state index contributed by atoms with van der Waals surface area (Å²) in [5.41, 5.74) is 6.50. The van der Waals surface area contributed by atoms with Crippen LogP contribution in [0.25, 0.3) is 0 Å². The van der Waals surface area contributed by atoms with Crippen molar-refractivity contribution in [2.24, 2.45) is 45.8 Å². The molecule has 0 spiro atoms. The molecule has 0 aromatic heterocycles. The van der Waals surface area contributed by atoms with E-state index in [9.17, 15) is 0 Å². The van der Waals surface area contributed by atoms with Gasteiger partial charge in [0.1, 0.15) is 0 Å². The van der Waals surface area contributed by atoms with E-state index in [4.69, 9.17) is 0 Å². The minimum atomic E-state index is 0.100. The molecule has 3 atom stereocenters. The maximum atomic E-state index is 4.43. The Hall–Kier alpha value is -1.30. The highest BCUT2D eigenvalue weighted by Crippen LogP contribution is 2.57. The van der Waals surface area contributed by atoms with Crippen LogP contribution in [0.5, 0.6) is 0 Å². The average molecular weight is 563 g/mol. The zero-order valence-corrected chi connectivity index (χ0v) is 29.8. The first kappa shape index (κ1) is 35.9. The van der Waals surface area contributed by atoms with Gasteiger partial charge in [0.25, 0.3) is 0 Å².